The number of amides is 1. The molecule has 1 N–H and O–H groups in total. The number of alkyl halides is 2. The number of carbonyl (C=O) groups is 2. The Morgan fingerprint density at radius 1 is 1.30 bits per heavy atom. The number of hydrogen-bond acceptors (Lipinski definition) is 4. The van der Waals surface area contributed by atoms with Crippen LogP contribution in [0.5, 0.6) is 0 Å². The highest BCUT2D eigenvalue weighted by atomic mass is 19.3. The van der Waals surface area contributed by atoms with Gasteiger partial charge in [0.25, 0.3) is 5.91 Å². The summed E-state index contributed by atoms with van der Waals surface area (Å²) in [7, 11) is 1.34. The number of aliphatic hydroxyl groups excluding tert-OH is 1. The SMILES string of the molecule is CCCCCC(O)/C=C/[C@H]1CC(F)(F)C(=O)N1CCCCCCC(=O)OC. The maximum atomic E-state index is 13.8. The fourth-order valence-corrected chi connectivity index (χ4v) is 3.22. The minimum absolute atomic E-state index is 0.257. The van der Waals surface area contributed by atoms with Gasteiger partial charge in [-0.2, -0.15) is 8.78 Å². The van der Waals surface area contributed by atoms with Crippen LogP contribution in [0.4, 0.5) is 8.78 Å². The first-order chi connectivity index (χ1) is 12.8. The van der Waals surface area contributed by atoms with Crippen LogP contribution in [0.3, 0.4) is 0 Å². The van der Waals surface area contributed by atoms with Crippen molar-refractivity contribution in [3.63, 3.8) is 0 Å². The van der Waals surface area contributed by atoms with E-state index in [0.29, 0.717) is 25.7 Å². The number of esters is 1. The lowest BCUT2D eigenvalue weighted by atomic mass is 10.1. The highest BCUT2D eigenvalue weighted by Crippen LogP contribution is 2.34. The van der Waals surface area contributed by atoms with Crippen LogP contribution in [0.1, 0.15) is 71.1 Å². The standard InChI is InChI=1S/C20H33F2NO4/c1-3-4-7-10-17(24)13-12-16-15-20(21,22)19(26)23(16)14-9-6-5-8-11-18(25)27-2/h12-13,16-17,24H,3-11,14-15H2,1-2H3/b13-12+/t16-,17?/m0/s1. The molecule has 156 valence electrons. The second-order valence-corrected chi connectivity index (χ2v) is 7.16. The summed E-state index contributed by atoms with van der Waals surface area (Å²) in [6.45, 7) is 2.33. The Morgan fingerprint density at radius 2 is 2.00 bits per heavy atom. The summed E-state index contributed by atoms with van der Waals surface area (Å²) in [6.07, 6.45) is 8.61. The Hall–Kier alpha value is -1.50. The van der Waals surface area contributed by atoms with Crippen molar-refractivity contribution in [2.24, 2.45) is 0 Å². The highest BCUT2D eigenvalue weighted by molar-refractivity contribution is 5.86. The topological polar surface area (TPSA) is 66.8 Å². The first kappa shape index (κ1) is 23.5. The maximum absolute atomic E-state index is 13.8. The lowest BCUT2D eigenvalue weighted by Gasteiger charge is -2.22. The van der Waals surface area contributed by atoms with Gasteiger partial charge < -0.3 is 14.7 Å². The monoisotopic (exact) mass is 389 g/mol. The molecule has 0 aromatic carbocycles. The normalized spacial score (nSPS) is 20.4. The van der Waals surface area contributed by atoms with Gasteiger partial charge in [-0.3, -0.25) is 9.59 Å². The van der Waals surface area contributed by atoms with Crippen LogP contribution in [-0.4, -0.2) is 53.6 Å². The van der Waals surface area contributed by atoms with E-state index in [4.69, 9.17) is 0 Å². The zero-order valence-electron chi connectivity index (χ0n) is 16.5. The van der Waals surface area contributed by atoms with Crippen molar-refractivity contribution in [3.05, 3.63) is 12.2 Å². The number of halogens is 2. The van der Waals surface area contributed by atoms with E-state index in [1.807, 2.05) is 0 Å². The first-order valence-corrected chi connectivity index (χ1v) is 9.94. The number of aliphatic hydroxyl groups is 1. The van der Waals surface area contributed by atoms with E-state index in [9.17, 15) is 23.5 Å². The summed E-state index contributed by atoms with van der Waals surface area (Å²) in [5, 5.41) is 9.94. The second-order valence-electron chi connectivity index (χ2n) is 7.16. The van der Waals surface area contributed by atoms with Crippen molar-refractivity contribution in [3.8, 4) is 0 Å². The Labute approximate surface area is 160 Å². The lowest BCUT2D eigenvalue weighted by molar-refractivity contribution is -0.148. The summed E-state index contributed by atoms with van der Waals surface area (Å²) in [4.78, 5) is 24.2. The van der Waals surface area contributed by atoms with Gasteiger partial charge in [0.15, 0.2) is 0 Å². The molecule has 2 atom stereocenters. The molecule has 0 aliphatic carbocycles. The van der Waals surface area contributed by atoms with Crippen LogP contribution >= 0.6 is 0 Å². The molecule has 0 radical (unpaired) electrons. The van der Waals surface area contributed by atoms with E-state index in [1.54, 1.807) is 12.2 Å². The van der Waals surface area contributed by atoms with Crippen LogP contribution in [0.15, 0.2) is 12.2 Å². The first-order valence-electron chi connectivity index (χ1n) is 9.94. The largest absolute Gasteiger partial charge is 0.469 e. The summed E-state index contributed by atoms with van der Waals surface area (Å²) in [6, 6.07) is -0.677. The van der Waals surface area contributed by atoms with E-state index in [1.165, 1.54) is 12.0 Å². The fraction of sp³-hybridized carbons (Fsp3) is 0.800. The summed E-state index contributed by atoms with van der Waals surface area (Å²) in [5.41, 5.74) is 0. The Kier molecular flexibility index (Phi) is 10.5. The Balaban J connectivity index is 2.45. The molecule has 5 nitrogen and oxygen atoms in total. The summed E-state index contributed by atoms with van der Waals surface area (Å²) < 4.78 is 32.2. The van der Waals surface area contributed by atoms with Crippen molar-refractivity contribution in [2.75, 3.05) is 13.7 Å². The molecule has 0 spiro atoms. The second kappa shape index (κ2) is 12.1. The van der Waals surface area contributed by atoms with Gasteiger partial charge in [-0.15, -0.1) is 0 Å². The van der Waals surface area contributed by atoms with Gasteiger partial charge >= 0.3 is 11.9 Å². The smallest absolute Gasteiger partial charge is 0.327 e. The third-order valence-electron chi connectivity index (χ3n) is 4.86. The van der Waals surface area contributed by atoms with Gasteiger partial charge in [0.2, 0.25) is 0 Å². The van der Waals surface area contributed by atoms with E-state index in [0.717, 1.165) is 32.1 Å². The third kappa shape index (κ3) is 8.37. The van der Waals surface area contributed by atoms with E-state index < -0.39 is 30.4 Å². The Morgan fingerprint density at radius 3 is 2.67 bits per heavy atom. The average Bonchev–Trinajstić information content (AvgIpc) is 2.85. The number of unbranched alkanes of at least 4 members (excludes halogenated alkanes) is 5. The van der Waals surface area contributed by atoms with Crippen molar-refractivity contribution >= 4 is 11.9 Å². The van der Waals surface area contributed by atoms with Gasteiger partial charge in [0.1, 0.15) is 0 Å². The number of methoxy groups -OCH3 is 1. The van der Waals surface area contributed by atoms with Gasteiger partial charge in [-0.25, -0.2) is 0 Å². The molecule has 1 saturated heterocycles. The molecule has 0 aromatic heterocycles. The molecule has 0 saturated carbocycles. The van der Waals surface area contributed by atoms with E-state index in [2.05, 4.69) is 11.7 Å². The molecular formula is C20H33F2NO4. The number of carbonyl (C=O) groups excluding carboxylic acids is 2. The van der Waals surface area contributed by atoms with Crippen molar-refractivity contribution in [2.45, 2.75) is 89.2 Å². The van der Waals surface area contributed by atoms with Crippen molar-refractivity contribution in [1.29, 1.82) is 0 Å². The van der Waals surface area contributed by atoms with Gasteiger partial charge in [-0.1, -0.05) is 51.2 Å². The van der Waals surface area contributed by atoms with Gasteiger partial charge in [-0.05, 0) is 19.3 Å². The molecule has 1 aliphatic heterocycles. The quantitative estimate of drug-likeness (QED) is 0.295. The molecule has 1 heterocycles. The molecule has 1 amide bonds. The molecule has 1 fully saturated rings. The van der Waals surface area contributed by atoms with Crippen LogP contribution in [0.25, 0.3) is 0 Å². The van der Waals surface area contributed by atoms with Crippen molar-refractivity contribution in [1.82, 2.24) is 4.90 Å². The summed E-state index contributed by atoms with van der Waals surface area (Å²) in [5.74, 6) is -4.73. The molecule has 0 aromatic rings. The molecular weight excluding hydrogens is 356 g/mol. The van der Waals surface area contributed by atoms with E-state index >= 15 is 0 Å². The highest BCUT2D eigenvalue weighted by Gasteiger charge is 2.52. The molecule has 1 unspecified atom stereocenters. The number of ether oxygens (including phenoxy) is 1. The van der Waals surface area contributed by atoms with E-state index in [-0.39, 0.29) is 12.5 Å². The van der Waals surface area contributed by atoms with Crippen LogP contribution < -0.4 is 0 Å². The zero-order valence-corrected chi connectivity index (χ0v) is 16.5. The van der Waals surface area contributed by atoms with Crippen LogP contribution in [-0.2, 0) is 14.3 Å². The molecule has 27 heavy (non-hydrogen) atoms. The average molecular weight is 389 g/mol. The molecule has 1 aliphatic rings. The predicted molar refractivity (Wildman–Crippen MR) is 99.5 cm³/mol. The minimum atomic E-state index is -3.34. The number of rotatable bonds is 13. The molecule has 0 bridgehead atoms. The van der Waals surface area contributed by atoms with Crippen molar-refractivity contribution < 1.29 is 28.2 Å². The van der Waals surface area contributed by atoms with Crippen LogP contribution in [0, 0.1) is 0 Å². The maximum Gasteiger partial charge on any atom is 0.327 e. The third-order valence-corrected chi connectivity index (χ3v) is 4.86. The van der Waals surface area contributed by atoms with Gasteiger partial charge in [0, 0.05) is 19.4 Å². The van der Waals surface area contributed by atoms with Gasteiger partial charge in [0.05, 0.1) is 19.3 Å². The number of hydrogen-bond donors (Lipinski definition) is 1. The molecule has 7 heteroatoms. The fourth-order valence-electron chi connectivity index (χ4n) is 3.22. The Bertz CT molecular complexity index is 496. The summed E-state index contributed by atoms with van der Waals surface area (Å²) >= 11 is 0. The number of nitrogens with zero attached hydrogens (tertiary/aromatic N) is 1. The van der Waals surface area contributed by atoms with Crippen LogP contribution in [0.2, 0.25) is 0 Å². The number of likely N-dealkylation sites (tertiary alicyclic amines) is 1. The zero-order chi connectivity index (χ0) is 20.3. The predicted octanol–water partition coefficient (Wildman–Crippen LogP) is 3.84. The molecule has 1 rings (SSSR count). The minimum Gasteiger partial charge on any atom is -0.469 e. The lowest BCUT2D eigenvalue weighted by Crippen LogP contribution is -2.36.